The molecule has 3 nitrogen and oxygen atoms in total. The Labute approximate surface area is 155 Å². The van der Waals surface area contributed by atoms with Gasteiger partial charge in [-0.2, -0.15) is 4.90 Å². The van der Waals surface area contributed by atoms with Gasteiger partial charge in [-0.3, -0.25) is 0 Å². The Kier molecular flexibility index (Phi) is 3.79. The van der Waals surface area contributed by atoms with E-state index in [1.54, 1.807) is 0 Å². The molecule has 0 aliphatic carbocycles. The van der Waals surface area contributed by atoms with Gasteiger partial charge in [-0.25, -0.2) is 4.58 Å². The zero-order valence-electron chi connectivity index (χ0n) is 13.7. The summed E-state index contributed by atoms with van der Waals surface area (Å²) in [7, 11) is 0. The van der Waals surface area contributed by atoms with E-state index < -0.39 is 5.72 Å². The highest BCUT2D eigenvalue weighted by atomic mass is 79.9. The molecule has 0 unspecified atom stereocenters. The second-order valence-electron chi connectivity index (χ2n) is 6.96. The normalized spacial score (nSPS) is 25.2. The second-order valence-corrected chi connectivity index (χ2v) is 8.82. The van der Waals surface area contributed by atoms with Gasteiger partial charge in [0.15, 0.2) is 6.54 Å². The molecule has 0 bridgehead atoms. The first-order valence-electron chi connectivity index (χ1n) is 8.03. The van der Waals surface area contributed by atoms with E-state index in [0.717, 1.165) is 26.6 Å². The maximum atomic E-state index is 11.7. The summed E-state index contributed by atoms with van der Waals surface area (Å²) >= 11 is 5.31. The first-order chi connectivity index (χ1) is 11.4. The van der Waals surface area contributed by atoms with E-state index >= 15 is 0 Å². The number of para-hydroxylation sites is 1. The van der Waals surface area contributed by atoms with Crippen molar-refractivity contribution >= 4 is 38.5 Å². The standard InChI is InChI=1S/C19H20BrN2OS/c1-18(2)13-24-17-21(18)12-19(23,14-8-10-15(20)11-9-14)22(17)16-6-4-3-5-7-16/h3-11,23H,12-13H2,1-2H3/q+1/t19-/m1/s1. The molecular weight excluding hydrogens is 384 g/mol. The molecule has 2 aromatic carbocycles. The molecule has 124 valence electrons. The predicted octanol–water partition coefficient (Wildman–Crippen LogP) is 4.01. The van der Waals surface area contributed by atoms with Crippen molar-refractivity contribution in [2.45, 2.75) is 25.1 Å². The number of amidine groups is 1. The van der Waals surface area contributed by atoms with E-state index in [-0.39, 0.29) is 5.54 Å². The molecule has 2 aliphatic rings. The van der Waals surface area contributed by atoms with Crippen LogP contribution >= 0.6 is 27.7 Å². The summed E-state index contributed by atoms with van der Waals surface area (Å²) in [6.45, 7) is 5.05. The van der Waals surface area contributed by atoms with Crippen LogP contribution in [0.1, 0.15) is 19.4 Å². The van der Waals surface area contributed by atoms with Gasteiger partial charge >= 0.3 is 5.17 Å². The molecule has 0 fully saturated rings. The van der Waals surface area contributed by atoms with Crippen molar-refractivity contribution in [2.24, 2.45) is 0 Å². The van der Waals surface area contributed by atoms with Crippen molar-refractivity contribution in [3.63, 3.8) is 0 Å². The average Bonchev–Trinajstić information content (AvgIpc) is 3.03. The molecule has 5 heteroatoms. The average molecular weight is 404 g/mol. The van der Waals surface area contributed by atoms with Crippen LogP contribution < -0.4 is 4.90 Å². The fourth-order valence-corrected chi connectivity index (χ4v) is 5.17. The van der Waals surface area contributed by atoms with E-state index in [0.29, 0.717) is 6.54 Å². The van der Waals surface area contributed by atoms with Crippen LogP contribution in [0.5, 0.6) is 0 Å². The lowest BCUT2D eigenvalue weighted by Crippen LogP contribution is -2.48. The summed E-state index contributed by atoms with van der Waals surface area (Å²) < 4.78 is 3.36. The van der Waals surface area contributed by atoms with Gasteiger partial charge in [0.1, 0.15) is 11.2 Å². The molecule has 0 aromatic heterocycles. The number of hydrogen-bond donors (Lipinski definition) is 1. The van der Waals surface area contributed by atoms with Gasteiger partial charge in [-0.05, 0) is 49.9 Å². The summed E-state index contributed by atoms with van der Waals surface area (Å²) in [5, 5.41) is 12.9. The summed E-state index contributed by atoms with van der Waals surface area (Å²) in [4.78, 5) is 2.09. The topological polar surface area (TPSA) is 26.5 Å². The van der Waals surface area contributed by atoms with Crippen molar-refractivity contribution in [1.82, 2.24) is 0 Å². The summed E-state index contributed by atoms with van der Waals surface area (Å²) in [5.41, 5.74) is 0.896. The van der Waals surface area contributed by atoms with E-state index in [9.17, 15) is 5.11 Å². The Morgan fingerprint density at radius 1 is 1.08 bits per heavy atom. The highest BCUT2D eigenvalue weighted by Crippen LogP contribution is 2.44. The third-order valence-electron chi connectivity index (χ3n) is 4.78. The largest absolute Gasteiger partial charge is 0.346 e. The lowest BCUT2D eigenvalue weighted by Gasteiger charge is -2.30. The van der Waals surface area contributed by atoms with E-state index in [4.69, 9.17) is 0 Å². The smallest absolute Gasteiger partial charge is 0.317 e. The number of halogens is 1. The van der Waals surface area contributed by atoms with Gasteiger partial charge in [0.2, 0.25) is 0 Å². The van der Waals surface area contributed by atoms with Crippen LogP contribution in [0.4, 0.5) is 5.69 Å². The highest BCUT2D eigenvalue weighted by molar-refractivity contribution is 9.10. The second kappa shape index (κ2) is 5.61. The number of rotatable bonds is 2. The number of nitrogens with zero attached hydrogens (tertiary/aromatic N) is 2. The molecule has 0 saturated heterocycles. The molecule has 0 amide bonds. The van der Waals surface area contributed by atoms with Crippen LogP contribution in [0.2, 0.25) is 0 Å². The Hall–Kier alpha value is -1.30. The maximum Gasteiger partial charge on any atom is 0.317 e. The Bertz CT molecular complexity index is 804. The monoisotopic (exact) mass is 403 g/mol. The molecule has 1 N–H and O–H groups in total. The molecule has 0 saturated carbocycles. The quantitative estimate of drug-likeness (QED) is 0.767. The van der Waals surface area contributed by atoms with Crippen LogP contribution in [0, 0.1) is 0 Å². The van der Waals surface area contributed by atoms with Crippen LogP contribution in [-0.2, 0) is 5.72 Å². The molecule has 2 aromatic rings. The van der Waals surface area contributed by atoms with Crippen LogP contribution in [0.25, 0.3) is 0 Å². The van der Waals surface area contributed by atoms with Crippen LogP contribution in [-0.4, -0.2) is 32.7 Å². The molecule has 4 rings (SSSR count). The Balaban J connectivity index is 1.87. The summed E-state index contributed by atoms with van der Waals surface area (Å²) in [5.74, 6) is 1.03. The number of thioether (sulfide) groups is 1. The zero-order valence-corrected chi connectivity index (χ0v) is 16.1. The van der Waals surface area contributed by atoms with Gasteiger partial charge in [0, 0.05) is 15.8 Å². The van der Waals surface area contributed by atoms with Crippen molar-refractivity contribution in [3.8, 4) is 0 Å². The van der Waals surface area contributed by atoms with Gasteiger partial charge in [0.05, 0.1) is 0 Å². The summed E-state index contributed by atoms with van der Waals surface area (Å²) in [6, 6.07) is 18.1. The van der Waals surface area contributed by atoms with Crippen molar-refractivity contribution < 1.29 is 9.68 Å². The SMILES string of the molecule is CC1(C)CSC2=[N+]1C[C@@](O)(c1ccc(Br)cc1)N2c1ccccc1. The summed E-state index contributed by atoms with van der Waals surface area (Å²) in [6.07, 6.45) is 0. The molecular formula is C19H20BrN2OS+. The van der Waals surface area contributed by atoms with Gasteiger partial charge < -0.3 is 5.11 Å². The molecule has 1 atom stereocenters. The van der Waals surface area contributed by atoms with E-state index in [2.05, 4.69) is 51.4 Å². The zero-order chi connectivity index (χ0) is 16.9. The first-order valence-corrected chi connectivity index (χ1v) is 9.81. The van der Waals surface area contributed by atoms with Crippen molar-refractivity contribution in [2.75, 3.05) is 17.2 Å². The maximum absolute atomic E-state index is 11.7. The Morgan fingerprint density at radius 3 is 2.42 bits per heavy atom. The number of β-amino-alcohol motifs (C(OH)–C–C–N with tert-alkyl or cyclic N) is 1. The Morgan fingerprint density at radius 2 is 1.75 bits per heavy atom. The van der Waals surface area contributed by atoms with E-state index in [1.165, 1.54) is 0 Å². The van der Waals surface area contributed by atoms with Crippen molar-refractivity contribution in [1.29, 1.82) is 0 Å². The minimum atomic E-state index is -1.07. The molecule has 0 radical (unpaired) electrons. The molecule has 0 spiro atoms. The third kappa shape index (κ3) is 2.41. The fraction of sp³-hybridized carbons (Fsp3) is 0.316. The van der Waals surface area contributed by atoms with Crippen LogP contribution in [0.15, 0.2) is 59.1 Å². The van der Waals surface area contributed by atoms with Crippen molar-refractivity contribution in [3.05, 3.63) is 64.6 Å². The van der Waals surface area contributed by atoms with Gasteiger partial charge in [-0.15, -0.1) is 0 Å². The minimum absolute atomic E-state index is 0.0346. The number of hydrogen-bond acceptors (Lipinski definition) is 3. The number of aliphatic hydroxyl groups is 1. The van der Waals surface area contributed by atoms with Gasteiger partial charge in [0.25, 0.3) is 5.72 Å². The van der Waals surface area contributed by atoms with E-state index in [1.807, 2.05) is 54.2 Å². The first kappa shape index (κ1) is 16.2. The minimum Gasteiger partial charge on any atom is -0.346 e. The molecule has 24 heavy (non-hydrogen) atoms. The third-order valence-corrected chi connectivity index (χ3v) is 6.82. The lowest BCUT2D eigenvalue weighted by atomic mass is 9.99. The fourth-order valence-electron chi connectivity index (χ4n) is 3.41. The predicted molar refractivity (Wildman–Crippen MR) is 104 cm³/mol. The highest BCUT2D eigenvalue weighted by Gasteiger charge is 2.60. The molecule has 2 heterocycles. The van der Waals surface area contributed by atoms with Gasteiger partial charge in [-0.1, -0.05) is 46.3 Å². The number of benzene rings is 2. The van der Waals surface area contributed by atoms with Crippen LogP contribution in [0.3, 0.4) is 0 Å². The lowest BCUT2D eigenvalue weighted by molar-refractivity contribution is -0.594. The molecule has 2 aliphatic heterocycles. The number of anilines is 1.